The van der Waals surface area contributed by atoms with Crippen LogP contribution < -0.4 is 10.5 Å². The summed E-state index contributed by atoms with van der Waals surface area (Å²) in [7, 11) is 1.58. The molecule has 1 aromatic rings. The number of rotatable bonds is 5. The van der Waals surface area contributed by atoms with Crippen LogP contribution in [0.15, 0.2) is 18.2 Å². The van der Waals surface area contributed by atoms with Crippen molar-refractivity contribution in [3.63, 3.8) is 0 Å². The summed E-state index contributed by atoms with van der Waals surface area (Å²) in [5.41, 5.74) is 6.99. The summed E-state index contributed by atoms with van der Waals surface area (Å²) < 4.78 is 5.18. The maximum absolute atomic E-state index is 12.6. The first kappa shape index (κ1) is 15.6. The zero-order valence-corrected chi connectivity index (χ0v) is 13.1. The van der Waals surface area contributed by atoms with E-state index in [1.807, 2.05) is 4.90 Å². The molecule has 1 heterocycles. The summed E-state index contributed by atoms with van der Waals surface area (Å²) in [6.45, 7) is 7.97. The van der Waals surface area contributed by atoms with Gasteiger partial charge >= 0.3 is 0 Å². The monoisotopic (exact) mass is 291 g/mol. The molecule has 1 saturated heterocycles. The minimum Gasteiger partial charge on any atom is -0.497 e. The molecule has 0 saturated carbocycles. The highest BCUT2D eigenvalue weighted by molar-refractivity contribution is 5.95. The summed E-state index contributed by atoms with van der Waals surface area (Å²) in [6, 6.07) is 5.66. The first-order chi connectivity index (χ1) is 10.1. The molecule has 0 spiro atoms. The molecular weight excluding hydrogens is 266 g/mol. The minimum absolute atomic E-state index is 0.0373. The second-order valence-electron chi connectivity index (χ2n) is 5.41. The quantitative estimate of drug-likeness (QED) is 0.841. The molecule has 0 aliphatic carbocycles. The van der Waals surface area contributed by atoms with Crippen molar-refractivity contribution in [2.75, 3.05) is 39.0 Å². The maximum Gasteiger partial charge on any atom is 0.254 e. The van der Waals surface area contributed by atoms with Crippen LogP contribution in [0.5, 0.6) is 5.75 Å². The van der Waals surface area contributed by atoms with Gasteiger partial charge in [0, 0.05) is 36.4 Å². The maximum atomic E-state index is 12.6. The number of ether oxygens (including phenoxy) is 1. The number of likely N-dealkylation sites (N-methyl/N-ethyl adjacent to an activating group) is 1. The molecule has 1 aliphatic rings. The van der Waals surface area contributed by atoms with Crippen molar-refractivity contribution in [3.05, 3.63) is 23.8 Å². The van der Waals surface area contributed by atoms with E-state index >= 15 is 0 Å². The van der Waals surface area contributed by atoms with E-state index in [4.69, 9.17) is 10.5 Å². The Balaban J connectivity index is 2.09. The van der Waals surface area contributed by atoms with Crippen LogP contribution in [-0.2, 0) is 0 Å². The standard InChI is InChI=1S/C16H25N3O2/c1-4-18(5-2)14-6-7-19(11-14)16(20)12-8-13(17)10-15(9-12)21-3/h8-10,14H,4-7,11,17H2,1-3H3. The van der Waals surface area contributed by atoms with E-state index in [1.54, 1.807) is 25.3 Å². The molecule has 5 heteroatoms. The summed E-state index contributed by atoms with van der Waals surface area (Å²) in [4.78, 5) is 16.9. The molecule has 2 N–H and O–H groups in total. The molecule has 1 atom stereocenters. The lowest BCUT2D eigenvalue weighted by Gasteiger charge is -2.26. The Morgan fingerprint density at radius 3 is 2.71 bits per heavy atom. The highest BCUT2D eigenvalue weighted by Crippen LogP contribution is 2.22. The zero-order chi connectivity index (χ0) is 15.4. The Bertz CT molecular complexity index is 500. The second-order valence-corrected chi connectivity index (χ2v) is 5.41. The van der Waals surface area contributed by atoms with Gasteiger partial charge in [0.05, 0.1) is 7.11 Å². The number of methoxy groups -OCH3 is 1. The van der Waals surface area contributed by atoms with Crippen LogP contribution in [0, 0.1) is 0 Å². The van der Waals surface area contributed by atoms with Crippen LogP contribution in [0.25, 0.3) is 0 Å². The third-order valence-corrected chi connectivity index (χ3v) is 4.19. The Hall–Kier alpha value is -1.75. The van der Waals surface area contributed by atoms with Crippen molar-refractivity contribution in [1.82, 2.24) is 9.80 Å². The van der Waals surface area contributed by atoms with E-state index in [0.717, 1.165) is 32.6 Å². The van der Waals surface area contributed by atoms with Crippen LogP contribution >= 0.6 is 0 Å². The number of anilines is 1. The number of nitrogen functional groups attached to an aromatic ring is 1. The number of hydrogen-bond acceptors (Lipinski definition) is 4. The SMILES string of the molecule is CCN(CC)C1CCN(C(=O)c2cc(N)cc(OC)c2)C1. The number of carbonyl (C=O) groups is 1. The van der Waals surface area contributed by atoms with Gasteiger partial charge in [0.25, 0.3) is 5.91 Å². The lowest BCUT2D eigenvalue weighted by atomic mass is 10.1. The van der Waals surface area contributed by atoms with E-state index in [2.05, 4.69) is 18.7 Å². The van der Waals surface area contributed by atoms with Gasteiger partial charge in [-0.2, -0.15) is 0 Å². The summed E-state index contributed by atoms with van der Waals surface area (Å²) in [5.74, 6) is 0.660. The average Bonchev–Trinajstić information content (AvgIpc) is 2.96. The van der Waals surface area contributed by atoms with Crippen molar-refractivity contribution in [2.45, 2.75) is 26.3 Å². The average molecular weight is 291 g/mol. The lowest BCUT2D eigenvalue weighted by Crippen LogP contribution is -2.38. The van der Waals surface area contributed by atoms with Gasteiger partial charge in [-0.1, -0.05) is 13.8 Å². The number of benzene rings is 1. The highest BCUT2D eigenvalue weighted by atomic mass is 16.5. The van der Waals surface area contributed by atoms with Gasteiger partial charge in [0.2, 0.25) is 0 Å². The van der Waals surface area contributed by atoms with Gasteiger partial charge in [-0.15, -0.1) is 0 Å². The van der Waals surface area contributed by atoms with Crippen molar-refractivity contribution < 1.29 is 9.53 Å². The van der Waals surface area contributed by atoms with Gasteiger partial charge in [0.15, 0.2) is 0 Å². The molecule has 21 heavy (non-hydrogen) atoms. The zero-order valence-electron chi connectivity index (χ0n) is 13.1. The van der Waals surface area contributed by atoms with Gasteiger partial charge in [-0.3, -0.25) is 9.69 Å². The molecule has 5 nitrogen and oxygen atoms in total. The number of hydrogen-bond donors (Lipinski definition) is 1. The number of nitrogens with two attached hydrogens (primary N) is 1. The van der Waals surface area contributed by atoms with E-state index in [1.165, 1.54) is 0 Å². The molecule has 116 valence electrons. The van der Waals surface area contributed by atoms with E-state index in [0.29, 0.717) is 23.0 Å². The third-order valence-electron chi connectivity index (χ3n) is 4.19. The van der Waals surface area contributed by atoms with Crippen LogP contribution in [0.1, 0.15) is 30.6 Å². The van der Waals surface area contributed by atoms with Crippen molar-refractivity contribution in [1.29, 1.82) is 0 Å². The van der Waals surface area contributed by atoms with Crippen LogP contribution in [0.3, 0.4) is 0 Å². The van der Waals surface area contributed by atoms with Gasteiger partial charge in [0.1, 0.15) is 5.75 Å². The Kier molecular flexibility index (Phi) is 5.07. The normalized spacial score (nSPS) is 18.3. The smallest absolute Gasteiger partial charge is 0.254 e. The first-order valence-electron chi connectivity index (χ1n) is 7.56. The molecule has 1 aromatic carbocycles. The van der Waals surface area contributed by atoms with E-state index < -0.39 is 0 Å². The number of likely N-dealkylation sites (tertiary alicyclic amines) is 1. The molecule has 0 aromatic heterocycles. The van der Waals surface area contributed by atoms with E-state index in [9.17, 15) is 4.79 Å². The van der Waals surface area contributed by atoms with Gasteiger partial charge in [-0.05, 0) is 31.6 Å². The second kappa shape index (κ2) is 6.80. The fourth-order valence-corrected chi connectivity index (χ4v) is 3.01. The molecule has 0 radical (unpaired) electrons. The minimum atomic E-state index is 0.0373. The number of nitrogens with zero attached hydrogens (tertiary/aromatic N) is 2. The predicted octanol–water partition coefficient (Wildman–Crippen LogP) is 1.83. The fourth-order valence-electron chi connectivity index (χ4n) is 3.01. The van der Waals surface area contributed by atoms with Gasteiger partial charge in [-0.25, -0.2) is 0 Å². The Labute approximate surface area is 126 Å². The van der Waals surface area contributed by atoms with Crippen LogP contribution in [0.4, 0.5) is 5.69 Å². The molecule has 0 bridgehead atoms. The first-order valence-corrected chi connectivity index (χ1v) is 7.56. The Morgan fingerprint density at radius 1 is 1.38 bits per heavy atom. The van der Waals surface area contributed by atoms with Crippen molar-refractivity contribution in [3.8, 4) is 5.75 Å². The molecular formula is C16H25N3O2. The largest absolute Gasteiger partial charge is 0.497 e. The highest BCUT2D eigenvalue weighted by Gasteiger charge is 2.29. The summed E-state index contributed by atoms with van der Waals surface area (Å²) in [5, 5.41) is 0. The van der Waals surface area contributed by atoms with Gasteiger partial charge < -0.3 is 15.4 Å². The fraction of sp³-hybridized carbons (Fsp3) is 0.562. The Morgan fingerprint density at radius 2 is 2.10 bits per heavy atom. The molecule has 1 aliphatic heterocycles. The van der Waals surface area contributed by atoms with E-state index in [-0.39, 0.29) is 5.91 Å². The number of carbonyl (C=O) groups excluding carboxylic acids is 1. The van der Waals surface area contributed by atoms with Crippen molar-refractivity contribution >= 4 is 11.6 Å². The van der Waals surface area contributed by atoms with Crippen molar-refractivity contribution in [2.24, 2.45) is 0 Å². The topological polar surface area (TPSA) is 58.8 Å². The summed E-state index contributed by atoms with van der Waals surface area (Å²) in [6.07, 6.45) is 1.03. The molecule has 1 unspecified atom stereocenters. The molecule has 2 rings (SSSR count). The van der Waals surface area contributed by atoms with Crippen LogP contribution in [0.2, 0.25) is 0 Å². The van der Waals surface area contributed by atoms with Crippen LogP contribution in [-0.4, -0.2) is 55.0 Å². The number of amides is 1. The molecule has 1 fully saturated rings. The summed E-state index contributed by atoms with van der Waals surface area (Å²) >= 11 is 0. The lowest BCUT2D eigenvalue weighted by molar-refractivity contribution is 0.0777. The molecule has 1 amide bonds. The predicted molar refractivity (Wildman–Crippen MR) is 84.6 cm³/mol. The third kappa shape index (κ3) is 3.47.